The number of hydrogen-bond acceptors (Lipinski definition) is 4. The summed E-state index contributed by atoms with van der Waals surface area (Å²) >= 11 is 1.47. The molecule has 0 spiro atoms. The number of sulfonamides is 1. The van der Waals surface area contributed by atoms with Crippen LogP contribution in [0.4, 0.5) is 0 Å². The van der Waals surface area contributed by atoms with Crippen LogP contribution in [0.1, 0.15) is 23.8 Å². The first-order chi connectivity index (χ1) is 8.07. The molecule has 1 aromatic rings. The minimum atomic E-state index is -3.14. The Morgan fingerprint density at radius 1 is 1.53 bits per heavy atom. The molecule has 6 heteroatoms. The molecule has 0 bridgehead atoms. The van der Waals surface area contributed by atoms with Gasteiger partial charge in [0.05, 0.1) is 12.4 Å². The topological polar surface area (TPSA) is 66.4 Å². The summed E-state index contributed by atoms with van der Waals surface area (Å²) in [6.07, 6.45) is 0.452. The van der Waals surface area contributed by atoms with Crippen molar-refractivity contribution in [3.63, 3.8) is 0 Å². The maximum Gasteiger partial charge on any atom is 0.211 e. The Hall–Kier alpha value is -0.870. The van der Waals surface area contributed by atoms with Crippen molar-refractivity contribution < 1.29 is 13.5 Å². The van der Waals surface area contributed by atoms with Crippen molar-refractivity contribution >= 4 is 21.4 Å². The van der Waals surface area contributed by atoms with Crippen LogP contribution in [0.15, 0.2) is 11.4 Å². The third kappa shape index (κ3) is 5.33. The lowest BCUT2D eigenvalue weighted by Crippen LogP contribution is -2.24. The van der Waals surface area contributed by atoms with E-state index >= 15 is 0 Å². The Kier molecular flexibility index (Phi) is 5.65. The molecule has 1 heterocycles. The van der Waals surface area contributed by atoms with Crippen LogP contribution in [0.2, 0.25) is 0 Å². The fraction of sp³-hybridized carbons (Fsp3) is 0.455. The molecule has 0 atom stereocenters. The van der Waals surface area contributed by atoms with Crippen LogP contribution in [0.5, 0.6) is 0 Å². The molecular formula is C11H15NO3S2. The van der Waals surface area contributed by atoms with E-state index in [2.05, 4.69) is 16.6 Å². The monoisotopic (exact) mass is 273 g/mol. The molecular weight excluding hydrogens is 258 g/mol. The molecule has 0 fully saturated rings. The van der Waals surface area contributed by atoms with Crippen molar-refractivity contribution in [1.82, 2.24) is 4.72 Å². The SMILES string of the molecule is CCS(=O)(=O)NCc1cc(C#CCCO)cs1. The molecule has 94 valence electrons. The van der Waals surface area contributed by atoms with Crippen molar-refractivity contribution in [2.75, 3.05) is 12.4 Å². The minimum Gasteiger partial charge on any atom is -0.395 e. The molecule has 0 saturated carbocycles. The van der Waals surface area contributed by atoms with Crippen LogP contribution in [0.25, 0.3) is 0 Å². The average molecular weight is 273 g/mol. The Morgan fingerprint density at radius 2 is 2.29 bits per heavy atom. The van der Waals surface area contributed by atoms with Gasteiger partial charge in [-0.15, -0.1) is 11.3 Å². The molecule has 0 unspecified atom stereocenters. The quantitative estimate of drug-likeness (QED) is 0.784. The van der Waals surface area contributed by atoms with E-state index in [1.54, 1.807) is 6.92 Å². The number of nitrogens with one attached hydrogen (secondary N) is 1. The van der Waals surface area contributed by atoms with E-state index < -0.39 is 10.0 Å². The maximum atomic E-state index is 11.2. The van der Waals surface area contributed by atoms with E-state index in [4.69, 9.17) is 5.11 Å². The third-order valence-electron chi connectivity index (χ3n) is 1.97. The van der Waals surface area contributed by atoms with Gasteiger partial charge in [-0.1, -0.05) is 11.8 Å². The Bertz CT molecular complexity index is 508. The van der Waals surface area contributed by atoms with Crippen molar-refractivity contribution in [3.8, 4) is 11.8 Å². The summed E-state index contributed by atoms with van der Waals surface area (Å²) < 4.78 is 25.0. The Labute approximate surface area is 106 Å². The van der Waals surface area contributed by atoms with Crippen LogP contribution in [-0.4, -0.2) is 25.9 Å². The van der Waals surface area contributed by atoms with Gasteiger partial charge in [0.25, 0.3) is 0 Å². The predicted octanol–water partition coefficient (Wildman–Crippen LogP) is 0.921. The second kappa shape index (κ2) is 6.77. The highest BCUT2D eigenvalue weighted by Crippen LogP contribution is 2.13. The lowest BCUT2D eigenvalue weighted by atomic mass is 10.3. The minimum absolute atomic E-state index is 0.0558. The maximum absolute atomic E-state index is 11.2. The molecule has 0 aliphatic carbocycles. The van der Waals surface area contributed by atoms with E-state index in [9.17, 15) is 8.42 Å². The first-order valence-electron chi connectivity index (χ1n) is 5.22. The van der Waals surface area contributed by atoms with E-state index in [0.29, 0.717) is 13.0 Å². The summed E-state index contributed by atoms with van der Waals surface area (Å²) in [4.78, 5) is 0.926. The highest BCUT2D eigenvalue weighted by Gasteiger charge is 2.06. The Balaban J connectivity index is 2.55. The van der Waals surface area contributed by atoms with Crippen LogP contribution in [0.3, 0.4) is 0 Å². The largest absolute Gasteiger partial charge is 0.395 e. The van der Waals surface area contributed by atoms with E-state index in [1.165, 1.54) is 11.3 Å². The summed E-state index contributed by atoms with van der Waals surface area (Å²) in [5.41, 5.74) is 0.856. The number of rotatable bonds is 5. The lowest BCUT2D eigenvalue weighted by molar-refractivity contribution is 0.305. The van der Waals surface area contributed by atoms with Gasteiger partial charge in [0.2, 0.25) is 10.0 Å². The van der Waals surface area contributed by atoms with E-state index in [-0.39, 0.29) is 12.4 Å². The molecule has 2 N–H and O–H groups in total. The second-order valence-corrected chi connectivity index (χ2v) is 6.39. The van der Waals surface area contributed by atoms with Gasteiger partial charge >= 0.3 is 0 Å². The normalized spacial score (nSPS) is 10.9. The number of aliphatic hydroxyl groups excluding tert-OH is 1. The smallest absolute Gasteiger partial charge is 0.211 e. The lowest BCUT2D eigenvalue weighted by Gasteiger charge is -2.01. The Morgan fingerprint density at radius 3 is 2.94 bits per heavy atom. The van der Waals surface area contributed by atoms with Gasteiger partial charge in [0.1, 0.15) is 0 Å². The molecule has 0 amide bonds. The molecule has 0 aromatic carbocycles. The van der Waals surface area contributed by atoms with E-state index in [1.807, 2.05) is 11.4 Å². The molecule has 0 aliphatic rings. The standard InChI is InChI=1S/C11H15NO3S2/c1-2-17(14,15)12-8-11-7-10(9-16-11)5-3-4-6-13/h7,9,12-13H,2,4,6,8H2,1H3. The van der Waals surface area contributed by atoms with Crippen LogP contribution in [0, 0.1) is 11.8 Å². The summed E-state index contributed by atoms with van der Waals surface area (Å²) in [5, 5.41) is 10.4. The fourth-order valence-electron chi connectivity index (χ4n) is 1.04. The van der Waals surface area contributed by atoms with Gasteiger partial charge in [-0.25, -0.2) is 13.1 Å². The molecule has 17 heavy (non-hydrogen) atoms. The van der Waals surface area contributed by atoms with Gasteiger partial charge in [0.15, 0.2) is 0 Å². The van der Waals surface area contributed by atoms with Crippen LogP contribution >= 0.6 is 11.3 Å². The summed E-state index contributed by atoms with van der Waals surface area (Å²) in [7, 11) is -3.14. The first kappa shape index (κ1) is 14.2. The summed E-state index contributed by atoms with van der Waals surface area (Å²) in [6.45, 7) is 1.96. The van der Waals surface area contributed by atoms with Gasteiger partial charge in [0, 0.05) is 28.8 Å². The third-order valence-corrected chi connectivity index (χ3v) is 4.25. The molecule has 0 radical (unpaired) electrons. The van der Waals surface area contributed by atoms with Gasteiger partial charge in [-0.05, 0) is 13.0 Å². The van der Waals surface area contributed by atoms with Crippen molar-refractivity contribution in [2.45, 2.75) is 19.9 Å². The zero-order valence-electron chi connectivity index (χ0n) is 9.56. The molecule has 0 aliphatic heterocycles. The fourth-order valence-corrected chi connectivity index (χ4v) is 2.47. The highest BCUT2D eigenvalue weighted by atomic mass is 32.2. The van der Waals surface area contributed by atoms with Crippen molar-refractivity contribution in [2.24, 2.45) is 0 Å². The van der Waals surface area contributed by atoms with E-state index in [0.717, 1.165) is 10.4 Å². The highest BCUT2D eigenvalue weighted by molar-refractivity contribution is 7.89. The van der Waals surface area contributed by atoms with Gasteiger partial charge in [-0.2, -0.15) is 0 Å². The number of hydrogen-bond donors (Lipinski definition) is 2. The van der Waals surface area contributed by atoms with Crippen LogP contribution < -0.4 is 4.72 Å². The second-order valence-electron chi connectivity index (χ2n) is 3.30. The first-order valence-corrected chi connectivity index (χ1v) is 7.75. The summed E-state index contributed by atoms with van der Waals surface area (Å²) in [6, 6.07) is 1.85. The molecule has 1 aromatic heterocycles. The zero-order valence-corrected chi connectivity index (χ0v) is 11.2. The van der Waals surface area contributed by atoms with Crippen molar-refractivity contribution in [3.05, 3.63) is 21.9 Å². The van der Waals surface area contributed by atoms with Gasteiger partial charge in [-0.3, -0.25) is 0 Å². The predicted molar refractivity (Wildman–Crippen MR) is 69.2 cm³/mol. The van der Waals surface area contributed by atoms with Crippen LogP contribution in [-0.2, 0) is 16.6 Å². The van der Waals surface area contributed by atoms with Crippen molar-refractivity contribution in [1.29, 1.82) is 0 Å². The van der Waals surface area contributed by atoms with Gasteiger partial charge < -0.3 is 5.11 Å². The average Bonchev–Trinajstić information content (AvgIpc) is 2.75. The number of thiophene rings is 1. The summed E-state index contributed by atoms with van der Waals surface area (Å²) in [5.74, 6) is 5.80. The zero-order chi connectivity index (χ0) is 12.7. The number of aliphatic hydroxyl groups is 1. The molecule has 0 saturated heterocycles. The molecule has 1 rings (SSSR count). The molecule has 4 nitrogen and oxygen atoms in total.